The molecule has 2 aromatic carbocycles. The van der Waals surface area contributed by atoms with Crippen molar-refractivity contribution in [2.75, 3.05) is 4.90 Å². The Bertz CT molecular complexity index is 744. The Hall–Kier alpha value is -2.04. The molecule has 5 heteroatoms. The Balaban J connectivity index is 2.00. The molecule has 4 nitrogen and oxygen atoms in total. The topological polar surface area (TPSA) is 55.6 Å². The van der Waals surface area contributed by atoms with E-state index in [0.29, 0.717) is 18.0 Å². The van der Waals surface area contributed by atoms with Crippen LogP contribution in [0.15, 0.2) is 42.5 Å². The van der Waals surface area contributed by atoms with Gasteiger partial charge in [-0.3, -0.25) is 4.79 Å². The molecule has 0 aromatic heterocycles. The quantitative estimate of drug-likeness (QED) is 0.909. The van der Waals surface area contributed by atoms with Gasteiger partial charge < -0.3 is 15.4 Å². The first-order valence-electron chi connectivity index (χ1n) is 8.11. The van der Waals surface area contributed by atoms with E-state index in [1.807, 2.05) is 56.3 Å². The number of amides is 1. The summed E-state index contributed by atoms with van der Waals surface area (Å²) in [6, 6.07) is 13.2. The predicted molar refractivity (Wildman–Crippen MR) is 96.4 cm³/mol. The minimum Gasteiger partial charge on any atom is -0.478 e. The molecule has 126 valence electrons. The summed E-state index contributed by atoms with van der Waals surface area (Å²) in [5, 5.41) is 0.679. The molecule has 3 rings (SSSR count). The lowest BCUT2D eigenvalue weighted by atomic mass is 10.0. The van der Waals surface area contributed by atoms with Gasteiger partial charge in [0.05, 0.1) is 12.2 Å². The van der Waals surface area contributed by atoms with Crippen LogP contribution in [0.4, 0.5) is 5.69 Å². The SMILES string of the molecule is CCC1Oc2ccc(C(C)N)cc2N(Cc2ccc(Cl)cc2)C1=O. The standard InChI is InChI=1S/C19H21ClN2O2/c1-3-17-19(23)22(11-13-4-7-15(20)8-5-13)16-10-14(12(2)21)6-9-18(16)24-17/h4-10,12,17H,3,11,21H2,1-2H3. The van der Waals surface area contributed by atoms with Crippen LogP contribution in [-0.2, 0) is 11.3 Å². The number of nitrogens with two attached hydrogens (primary N) is 1. The molecule has 0 saturated carbocycles. The molecule has 1 aliphatic rings. The van der Waals surface area contributed by atoms with Gasteiger partial charge in [-0.2, -0.15) is 0 Å². The van der Waals surface area contributed by atoms with Crippen LogP contribution in [0.25, 0.3) is 0 Å². The number of nitrogens with zero attached hydrogens (tertiary/aromatic N) is 1. The zero-order valence-electron chi connectivity index (χ0n) is 13.8. The highest BCUT2D eigenvalue weighted by molar-refractivity contribution is 6.30. The van der Waals surface area contributed by atoms with E-state index in [2.05, 4.69) is 0 Å². The van der Waals surface area contributed by atoms with Crippen molar-refractivity contribution in [2.24, 2.45) is 5.73 Å². The van der Waals surface area contributed by atoms with E-state index in [9.17, 15) is 4.79 Å². The van der Waals surface area contributed by atoms with E-state index >= 15 is 0 Å². The Morgan fingerprint density at radius 3 is 2.58 bits per heavy atom. The van der Waals surface area contributed by atoms with E-state index in [0.717, 1.165) is 22.6 Å². The minimum atomic E-state index is -0.453. The number of benzene rings is 2. The average Bonchev–Trinajstić information content (AvgIpc) is 2.58. The normalized spacial score (nSPS) is 18.1. The van der Waals surface area contributed by atoms with Gasteiger partial charge >= 0.3 is 0 Å². The van der Waals surface area contributed by atoms with Crippen LogP contribution >= 0.6 is 11.6 Å². The molecule has 0 aliphatic carbocycles. The van der Waals surface area contributed by atoms with Gasteiger partial charge in [0.15, 0.2) is 6.10 Å². The van der Waals surface area contributed by atoms with Crippen LogP contribution in [0.2, 0.25) is 5.02 Å². The zero-order chi connectivity index (χ0) is 17.3. The first kappa shape index (κ1) is 16.8. The van der Waals surface area contributed by atoms with E-state index in [1.165, 1.54) is 0 Å². The van der Waals surface area contributed by atoms with Gasteiger partial charge in [0.25, 0.3) is 5.91 Å². The van der Waals surface area contributed by atoms with Gasteiger partial charge in [0, 0.05) is 11.1 Å². The summed E-state index contributed by atoms with van der Waals surface area (Å²) in [6.07, 6.45) is 0.177. The molecule has 2 N–H and O–H groups in total. The van der Waals surface area contributed by atoms with Gasteiger partial charge in [-0.25, -0.2) is 0 Å². The first-order chi connectivity index (χ1) is 11.5. The van der Waals surface area contributed by atoms with Crippen LogP contribution in [0.1, 0.15) is 37.4 Å². The largest absolute Gasteiger partial charge is 0.478 e. The fourth-order valence-corrected chi connectivity index (χ4v) is 2.94. The molecule has 0 saturated heterocycles. The number of anilines is 1. The van der Waals surface area contributed by atoms with Crippen molar-refractivity contribution in [1.29, 1.82) is 0 Å². The van der Waals surface area contributed by atoms with E-state index in [4.69, 9.17) is 22.1 Å². The Morgan fingerprint density at radius 2 is 1.96 bits per heavy atom. The number of halogens is 1. The second kappa shape index (κ2) is 6.83. The maximum atomic E-state index is 12.8. The fourth-order valence-electron chi connectivity index (χ4n) is 2.82. The molecule has 0 fully saturated rings. The lowest BCUT2D eigenvalue weighted by Gasteiger charge is -2.34. The molecule has 1 heterocycles. The Labute approximate surface area is 147 Å². The highest BCUT2D eigenvalue weighted by Crippen LogP contribution is 2.37. The smallest absolute Gasteiger partial charge is 0.268 e. The van der Waals surface area contributed by atoms with Crippen molar-refractivity contribution in [1.82, 2.24) is 0 Å². The van der Waals surface area contributed by atoms with E-state index in [-0.39, 0.29) is 11.9 Å². The molecule has 1 aliphatic heterocycles. The number of hydrogen-bond acceptors (Lipinski definition) is 3. The lowest BCUT2D eigenvalue weighted by Crippen LogP contribution is -2.45. The highest BCUT2D eigenvalue weighted by Gasteiger charge is 2.33. The van der Waals surface area contributed by atoms with Gasteiger partial charge in [-0.05, 0) is 48.7 Å². The monoisotopic (exact) mass is 344 g/mol. The number of rotatable bonds is 4. The van der Waals surface area contributed by atoms with Gasteiger partial charge in [0.1, 0.15) is 5.75 Å². The summed E-state index contributed by atoms with van der Waals surface area (Å²) in [5.41, 5.74) is 8.75. The van der Waals surface area contributed by atoms with E-state index < -0.39 is 6.10 Å². The van der Waals surface area contributed by atoms with Gasteiger partial charge in [-0.15, -0.1) is 0 Å². The zero-order valence-corrected chi connectivity index (χ0v) is 14.6. The number of hydrogen-bond donors (Lipinski definition) is 1. The molecule has 1 amide bonds. The summed E-state index contributed by atoms with van der Waals surface area (Å²) in [6.45, 7) is 4.35. The van der Waals surface area contributed by atoms with Crippen molar-refractivity contribution in [2.45, 2.75) is 39.0 Å². The second-order valence-corrected chi connectivity index (χ2v) is 6.52. The molecule has 2 unspecified atom stereocenters. The molecular formula is C19H21ClN2O2. The van der Waals surface area contributed by atoms with Crippen molar-refractivity contribution < 1.29 is 9.53 Å². The molecule has 0 radical (unpaired) electrons. The van der Waals surface area contributed by atoms with Crippen LogP contribution in [0.3, 0.4) is 0 Å². The molecule has 24 heavy (non-hydrogen) atoms. The number of ether oxygens (including phenoxy) is 1. The maximum Gasteiger partial charge on any atom is 0.268 e. The average molecular weight is 345 g/mol. The summed E-state index contributed by atoms with van der Waals surface area (Å²) in [4.78, 5) is 14.6. The van der Waals surface area contributed by atoms with Crippen LogP contribution in [0.5, 0.6) is 5.75 Å². The third-order valence-corrected chi connectivity index (χ3v) is 4.49. The third kappa shape index (κ3) is 3.25. The van der Waals surface area contributed by atoms with Crippen molar-refractivity contribution in [3.8, 4) is 5.75 Å². The molecule has 2 aromatic rings. The third-order valence-electron chi connectivity index (χ3n) is 4.24. The molecule has 2 atom stereocenters. The van der Waals surface area contributed by atoms with Crippen molar-refractivity contribution >= 4 is 23.2 Å². The Morgan fingerprint density at radius 1 is 1.25 bits per heavy atom. The van der Waals surface area contributed by atoms with Gasteiger partial charge in [0.2, 0.25) is 0 Å². The molecular weight excluding hydrogens is 324 g/mol. The van der Waals surface area contributed by atoms with Crippen LogP contribution < -0.4 is 15.4 Å². The van der Waals surface area contributed by atoms with E-state index in [1.54, 1.807) is 4.90 Å². The maximum absolute atomic E-state index is 12.8. The number of fused-ring (bicyclic) bond motifs is 1. The summed E-state index contributed by atoms with van der Waals surface area (Å²) < 4.78 is 5.86. The summed E-state index contributed by atoms with van der Waals surface area (Å²) in [5.74, 6) is 0.696. The summed E-state index contributed by atoms with van der Waals surface area (Å²) in [7, 11) is 0. The Kier molecular flexibility index (Phi) is 4.78. The fraction of sp³-hybridized carbons (Fsp3) is 0.316. The lowest BCUT2D eigenvalue weighted by molar-refractivity contribution is -0.126. The van der Waals surface area contributed by atoms with Crippen molar-refractivity contribution in [3.05, 3.63) is 58.6 Å². The second-order valence-electron chi connectivity index (χ2n) is 6.08. The van der Waals surface area contributed by atoms with Crippen LogP contribution in [0, 0.1) is 0 Å². The molecule has 0 spiro atoms. The highest BCUT2D eigenvalue weighted by atomic mass is 35.5. The summed E-state index contributed by atoms with van der Waals surface area (Å²) >= 11 is 5.95. The van der Waals surface area contributed by atoms with Crippen molar-refractivity contribution in [3.63, 3.8) is 0 Å². The molecule has 0 bridgehead atoms. The number of carbonyl (C=O) groups excluding carboxylic acids is 1. The first-order valence-corrected chi connectivity index (χ1v) is 8.49. The van der Waals surface area contributed by atoms with Crippen LogP contribution in [-0.4, -0.2) is 12.0 Å². The minimum absolute atomic E-state index is 0.0261. The van der Waals surface area contributed by atoms with Gasteiger partial charge in [-0.1, -0.05) is 36.7 Å². The number of carbonyl (C=O) groups is 1. The predicted octanol–water partition coefficient (Wildman–Crippen LogP) is 4.06.